The van der Waals surface area contributed by atoms with Crippen molar-refractivity contribution in [3.63, 3.8) is 0 Å². The van der Waals surface area contributed by atoms with Gasteiger partial charge in [-0.3, -0.25) is 0 Å². The van der Waals surface area contributed by atoms with Crippen molar-refractivity contribution in [2.75, 3.05) is 0 Å². The van der Waals surface area contributed by atoms with E-state index in [-0.39, 0.29) is 50.1 Å². The minimum absolute atomic E-state index is 0. The van der Waals surface area contributed by atoms with Crippen LogP contribution in [0.15, 0.2) is 94.3 Å². The molecular weight excluding hydrogens is 865 g/mol. The summed E-state index contributed by atoms with van der Waals surface area (Å²) in [6.45, 7) is 26.9. The molecule has 58 heavy (non-hydrogen) atoms. The third kappa shape index (κ3) is 9.43. The predicted molar refractivity (Wildman–Crippen MR) is 231 cm³/mol. The molecule has 0 bridgehead atoms. The SMILES string of the molecule is CC(C)(C)c1cc2c(cc1C(C)(C)C)[CH]([Zr]([C]1=CC=CC1)=[C](c1ccc(C(F)(F)F)cc1)c1ccc(C(F)(F)F)cc1)c1cc(C(C)(C)C)c(C(C)(C)C)cc1-2.Cl.Cl. The van der Waals surface area contributed by atoms with Gasteiger partial charge in [0.2, 0.25) is 0 Å². The van der Waals surface area contributed by atoms with Crippen molar-refractivity contribution in [1.82, 2.24) is 0 Å². The molecule has 312 valence electrons. The summed E-state index contributed by atoms with van der Waals surface area (Å²) in [4.78, 5) is 0. The van der Waals surface area contributed by atoms with Crippen molar-refractivity contribution >= 4 is 28.0 Å². The molecule has 0 fully saturated rings. The van der Waals surface area contributed by atoms with Crippen molar-refractivity contribution in [2.45, 2.75) is 127 Å². The number of hydrogen-bond acceptors (Lipinski definition) is 0. The van der Waals surface area contributed by atoms with E-state index in [4.69, 9.17) is 0 Å². The Balaban J connectivity index is 0.00000372. The molecule has 0 atom stereocenters. The molecule has 0 saturated heterocycles. The Bertz CT molecular complexity index is 2120. The van der Waals surface area contributed by atoms with Crippen LogP contribution in [0.2, 0.25) is 0 Å². The molecular formula is C49H56Cl2F6Zr. The van der Waals surface area contributed by atoms with Crippen molar-refractivity contribution in [2.24, 2.45) is 0 Å². The fourth-order valence-electron chi connectivity index (χ4n) is 8.40. The number of allylic oxidation sites excluding steroid dienone is 4. The van der Waals surface area contributed by atoms with Crippen LogP contribution in [-0.4, -0.2) is 3.21 Å². The second kappa shape index (κ2) is 16.3. The first-order valence-corrected chi connectivity index (χ1v) is 23.3. The summed E-state index contributed by atoms with van der Waals surface area (Å²) < 4.78 is 85.8. The minimum Gasteiger partial charge on any atom is -0.147 e. The maximum absolute atomic E-state index is 14.0. The number of halogens is 8. The Morgan fingerprint density at radius 1 is 0.500 bits per heavy atom. The second-order valence-corrected chi connectivity index (χ2v) is 25.9. The van der Waals surface area contributed by atoms with Crippen LogP contribution in [0.5, 0.6) is 0 Å². The van der Waals surface area contributed by atoms with Gasteiger partial charge in [0.15, 0.2) is 0 Å². The largest absolute Gasteiger partial charge is 0.147 e. The Hall–Kier alpha value is -2.73. The molecule has 0 amide bonds. The summed E-state index contributed by atoms with van der Waals surface area (Å²) in [5, 5.41) is 0. The van der Waals surface area contributed by atoms with Gasteiger partial charge in [0, 0.05) is 0 Å². The van der Waals surface area contributed by atoms with Gasteiger partial charge in [0.05, 0.1) is 0 Å². The first-order chi connectivity index (χ1) is 25.6. The molecule has 2 aliphatic rings. The molecule has 6 rings (SSSR count). The van der Waals surface area contributed by atoms with Crippen LogP contribution in [-0.2, 0) is 55.3 Å². The van der Waals surface area contributed by atoms with Crippen molar-refractivity contribution in [1.29, 1.82) is 0 Å². The van der Waals surface area contributed by atoms with Crippen LogP contribution in [0.3, 0.4) is 0 Å². The monoisotopic (exact) mass is 918 g/mol. The summed E-state index contributed by atoms with van der Waals surface area (Å²) in [6.07, 6.45) is -2.02. The second-order valence-electron chi connectivity index (χ2n) is 19.7. The fraction of sp³-hybridized carbons (Fsp3) is 0.408. The maximum Gasteiger partial charge on any atom is -0.147 e. The van der Waals surface area contributed by atoms with Gasteiger partial charge in [0.1, 0.15) is 0 Å². The molecule has 0 heterocycles. The number of fused-ring (bicyclic) bond motifs is 3. The van der Waals surface area contributed by atoms with E-state index in [1.165, 1.54) is 72.1 Å². The topological polar surface area (TPSA) is 0 Å². The minimum atomic E-state index is -4.53. The first-order valence-electron chi connectivity index (χ1n) is 19.4. The number of alkyl halides is 6. The third-order valence-electron chi connectivity index (χ3n) is 11.2. The fourth-order valence-corrected chi connectivity index (χ4v) is 17.4. The molecule has 0 radical (unpaired) electrons. The molecule has 0 unspecified atom stereocenters. The molecule has 2 aliphatic carbocycles. The zero-order chi connectivity index (χ0) is 41.6. The van der Waals surface area contributed by atoms with Gasteiger partial charge in [-0.1, -0.05) is 0 Å². The van der Waals surface area contributed by atoms with Crippen LogP contribution in [0.4, 0.5) is 26.3 Å². The summed E-state index contributed by atoms with van der Waals surface area (Å²) in [5.74, 6) is 0. The zero-order valence-electron chi connectivity index (χ0n) is 35.5. The summed E-state index contributed by atoms with van der Waals surface area (Å²) in [5.41, 5.74) is 8.83. The van der Waals surface area contributed by atoms with Crippen molar-refractivity contribution in [3.8, 4) is 11.1 Å². The van der Waals surface area contributed by atoms with Gasteiger partial charge in [-0.2, -0.15) is 0 Å². The van der Waals surface area contributed by atoms with E-state index >= 15 is 0 Å². The van der Waals surface area contributed by atoms with E-state index in [0.717, 1.165) is 27.5 Å². The van der Waals surface area contributed by atoms with Crippen molar-refractivity contribution in [3.05, 3.63) is 150 Å². The molecule has 4 aromatic carbocycles. The zero-order valence-corrected chi connectivity index (χ0v) is 39.6. The first kappa shape index (κ1) is 47.9. The molecule has 4 aromatic rings. The standard InChI is InChI=1S/C29H41.C15H8F6.C5H5.2ClH.Zr/c1-26(2,3)22-14-18-13-19-15-23(27(4,5)6)25(29(10,11)12)17-21(19)20(18)16-24(22)28(7,8)9;16-14(17,18)12-5-1-10(2-6-12)9-11-3-7-13(8-4-11)15(19,20)21;1-2-4-5-3-1;;;/h13-17H,1-12H3;1-8H;1-3H,4H2;2*1H;. The number of benzene rings is 4. The average molecular weight is 921 g/mol. The van der Waals surface area contributed by atoms with Gasteiger partial charge in [-0.15, -0.1) is 24.8 Å². The summed E-state index contributed by atoms with van der Waals surface area (Å²) in [6, 6.07) is 20.2. The van der Waals surface area contributed by atoms with E-state index < -0.39 is 44.7 Å². The Morgan fingerprint density at radius 2 is 0.828 bits per heavy atom. The molecule has 9 heteroatoms. The molecule has 0 N–H and O–H groups in total. The van der Waals surface area contributed by atoms with E-state index in [2.05, 4.69) is 126 Å². The van der Waals surface area contributed by atoms with Crippen LogP contribution >= 0.6 is 24.8 Å². The van der Waals surface area contributed by atoms with Gasteiger partial charge < -0.3 is 0 Å². The van der Waals surface area contributed by atoms with Gasteiger partial charge in [-0.05, 0) is 0 Å². The molecule has 0 aromatic heterocycles. The predicted octanol–water partition coefficient (Wildman–Crippen LogP) is 15.6. The number of hydrogen-bond donors (Lipinski definition) is 0. The van der Waals surface area contributed by atoms with E-state index in [9.17, 15) is 26.3 Å². The third-order valence-corrected chi connectivity index (χ3v) is 19.5. The van der Waals surface area contributed by atoms with Gasteiger partial charge >= 0.3 is 339 Å². The number of rotatable bonds is 4. The van der Waals surface area contributed by atoms with Crippen LogP contribution in [0, 0.1) is 0 Å². The molecule has 0 spiro atoms. The van der Waals surface area contributed by atoms with Gasteiger partial charge in [-0.25, -0.2) is 0 Å². The molecule has 0 saturated carbocycles. The summed E-state index contributed by atoms with van der Waals surface area (Å²) >= 11 is -3.51. The van der Waals surface area contributed by atoms with Crippen LogP contribution in [0.25, 0.3) is 11.1 Å². The maximum atomic E-state index is 14.0. The summed E-state index contributed by atoms with van der Waals surface area (Å²) in [7, 11) is 0. The Kier molecular flexibility index (Phi) is 13.5. The quantitative estimate of drug-likeness (QED) is 0.179. The van der Waals surface area contributed by atoms with Crippen LogP contribution in [0.1, 0.15) is 149 Å². The molecule has 0 nitrogen and oxygen atoms in total. The average Bonchev–Trinajstić information content (AvgIpc) is 3.70. The smallest absolute Gasteiger partial charge is 0.147 e. The van der Waals surface area contributed by atoms with Gasteiger partial charge in [0.25, 0.3) is 0 Å². The van der Waals surface area contributed by atoms with Crippen molar-refractivity contribution < 1.29 is 47.6 Å². The Labute approximate surface area is 361 Å². The van der Waals surface area contributed by atoms with E-state index in [1.807, 2.05) is 0 Å². The van der Waals surface area contributed by atoms with E-state index in [0.29, 0.717) is 17.5 Å². The molecule has 0 aliphatic heterocycles. The normalized spacial score (nSPS) is 14.7. The van der Waals surface area contributed by atoms with Crippen LogP contribution < -0.4 is 0 Å². The Morgan fingerprint density at radius 3 is 1.10 bits per heavy atom. The van der Waals surface area contributed by atoms with E-state index in [1.54, 1.807) is 0 Å².